The third-order valence-corrected chi connectivity index (χ3v) is 3.59. The molecule has 0 spiro atoms. The average Bonchev–Trinajstić information content (AvgIpc) is 2.47. The molecule has 0 aliphatic carbocycles. The molecule has 0 heterocycles. The lowest BCUT2D eigenvalue weighted by molar-refractivity contribution is -0.131. The number of hydrogen-bond donors (Lipinski definition) is 0. The zero-order chi connectivity index (χ0) is 16.4. The van der Waals surface area contributed by atoms with Crippen LogP contribution in [-0.4, -0.2) is 23.9 Å². The lowest BCUT2D eigenvalue weighted by atomic mass is 10.1. The van der Waals surface area contributed by atoms with Crippen LogP contribution >= 0.6 is 0 Å². The summed E-state index contributed by atoms with van der Waals surface area (Å²) in [6, 6.07) is 10.3. The highest BCUT2D eigenvalue weighted by atomic mass is 16.2. The van der Waals surface area contributed by atoms with Crippen molar-refractivity contribution in [2.75, 3.05) is 13.1 Å². The van der Waals surface area contributed by atoms with E-state index in [1.54, 1.807) is 0 Å². The van der Waals surface area contributed by atoms with Crippen LogP contribution in [0.3, 0.4) is 0 Å². The summed E-state index contributed by atoms with van der Waals surface area (Å²) in [6.07, 6.45) is 6.15. The highest BCUT2D eigenvalue weighted by Crippen LogP contribution is 2.12. The molecule has 0 atom stereocenters. The topological polar surface area (TPSA) is 20.3 Å². The molecule has 0 saturated heterocycles. The van der Waals surface area contributed by atoms with Crippen LogP contribution in [0.15, 0.2) is 35.9 Å². The Bertz CT molecular complexity index is 462. The van der Waals surface area contributed by atoms with Crippen molar-refractivity contribution in [1.82, 2.24) is 4.90 Å². The van der Waals surface area contributed by atoms with Crippen LogP contribution < -0.4 is 0 Å². The Labute approximate surface area is 136 Å². The number of rotatable bonds is 9. The Kier molecular flexibility index (Phi) is 8.57. The maximum absolute atomic E-state index is 12.4. The van der Waals surface area contributed by atoms with E-state index in [1.807, 2.05) is 23.1 Å². The fourth-order valence-corrected chi connectivity index (χ4v) is 2.56. The molecule has 0 N–H and O–H groups in total. The van der Waals surface area contributed by atoms with Crippen LogP contribution in [0.2, 0.25) is 0 Å². The molecule has 0 aliphatic heterocycles. The number of nitrogens with zero attached hydrogens (tertiary/aromatic N) is 1. The number of amides is 1. The van der Waals surface area contributed by atoms with Gasteiger partial charge >= 0.3 is 0 Å². The van der Waals surface area contributed by atoms with Crippen molar-refractivity contribution in [3.8, 4) is 0 Å². The van der Waals surface area contributed by atoms with Crippen molar-refractivity contribution >= 4 is 12.0 Å². The maximum atomic E-state index is 12.4. The molecule has 0 saturated carbocycles. The number of carbonyl (C=O) groups excluding carboxylic acids is 1. The van der Waals surface area contributed by atoms with Gasteiger partial charge in [-0.2, -0.15) is 0 Å². The van der Waals surface area contributed by atoms with Crippen LogP contribution in [0.25, 0.3) is 6.08 Å². The van der Waals surface area contributed by atoms with Crippen molar-refractivity contribution in [1.29, 1.82) is 0 Å². The number of unbranched alkanes of at least 4 members (excludes halogenated alkanes) is 2. The lowest BCUT2D eigenvalue weighted by Gasteiger charge is -2.25. The molecular weight excluding hydrogens is 270 g/mol. The third kappa shape index (κ3) is 7.44. The van der Waals surface area contributed by atoms with Gasteiger partial charge in [0.2, 0.25) is 5.91 Å². The number of benzene rings is 1. The summed E-state index contributed by atoms with van der Waals surface area (Å²) in [6.45, 7) is 10.2. The van der Waals surface area contributed by atoms with Crippen molar-refractivity contribution in [3.05, 3.63) is 41.5 Å². The van der Waals surface area contributed by atoms with Gasteiger partial charge in [-0.1, -0.05) is 75.6 Å². The molecule has 2 nitrogen and oxygen atoms in total. The maximum Gasteiger partial charge on any atom is 0.222 e. The fourth-order valence-electron chi connectivity index (χ4n) is 2.56. The van der Waals surface area contributed by atoms with Gasteiger partial charge < -0.3 is 4.90 Å². The molecule has 0 aromatic heterocycles. The first-order valence-electron chi connectivity index (χ1n) is 8.53. The minimum atomic E-state index is 0.294. The summed E-state index contributed by atoms with van der Waals surface area (Å²) in [4.78, 5) is 14.5. The quantitative estimate of drug-likeness (QED) is 0.577. The van der Waals surface area contributed by atoms with E-state index in [0.717, 1.165) is 32.4 Å². The molecule has 0 unspecified atom stereocenters. The monoisotopic (exact) mass is 301 g/mol. The van der Waals surface area contributed by atoms with Crippen LogP contribution in [0.4, 0.5) is 0 Å². The fraction of sp³-hybridized carbons (Fsp3) is 0.550. The van der Waals surface area contributed by atoms with E-state index < -0.39 is 0 Å². The molecule has 0 radical (unpaired) electrons. The summed E-state index contributed by atoms with van der Waals surface area (Å²) >= 11 is 0. The van der Waals surface area contributed by atoms with Gasteiger partial charge in [-0.15, -0.1) is 0 Å². The summed E-state index contributed by atoms with van der Waals surface area (Å²) < 4.78 is 0. The standard InChI is InChI=1S/C20H31NO/c1-5-6-8-13-20(22)21(15-17(2)3)16-18(4)14-19-11-9-7-10-12-19/h7,9-12,14,17H,5-6,8,13,15-16H2,1-4H3/b18-14+. The minimum absolute atomic E-state index is 0.294. The van der Waals surface area contributed by atoms with Gasteiger partial charge in [0.25, 0.3) is 0 Å². The first-order chi connectivity index (χ1) is 10.5. The molecule has 22 heavy (non-hydrogen) atoms. The van der Waals surface area contributed by atoms with Gasteiger partial charge in [0.15, 0.2) is 0 Å². The summed E-state index contributed by atoms with van der Waals surface area (Å²) in [5.41, 5.74) is 2.43. The summed E-state index contributed by atoms with van der Waals surface area (Å²) in [5, 5.41) is 0. The van der Waals surface area contributed by atoms with Crippen molar-refractivity contribution in [2.24, 2.45) is 5.92 Å². The Morgan fingerprint density at radius 3 is 2.45 bits per heavy atom. The van der Waals surface area contributed by atoms with Crippen molar-refractivity contribution in [3.63, 3.8) is 0 Å². The summed E-state index contributed by atoms with van der Waals surface area (Å²) in [7, 11) is 0. The first-order valence-corrected chi connectivity index (χ1v) is 8.53. The smallest absolute Gasteiger partial charge is 0.222 e. The van der Waals surface area contributed by atoms with E-state index in [1.165, 1.54) is 11.1 Å². The van der Waals surface area contributed by atoms with Gasteiger partial charge in [0.1, 0.15) is 0 Å². The van der Waals surface area contributed by atoms with Gasteiger partial charge in [0, 0.05) is 19.5 Å². The lowest BCUT2D eigenvalue weighted by Crippen LogP contribution is -2.35. The second kappa shape index (κ2) is 10.2. The molecule has 1 rings (SSSR count). The van der Waals surface area contributed by atoms with Gasteiger partial charge in [-0.25, -0.2) is 0 Å². The molecule has 122 valence electrons. The van der Waals surface area contributed by atoms with Crippen LogP contribution in [0.1, 0.15) is 58.9 Å². The van der Waals surface area contributed by atoms with Gasteiger partial charge in [0.05, 0.1) is 0 Å². The molecule has 2 heteroatoms. The highest BCUT2D eigenvalue weighted by molar-refractivity contribution is 5.76. The minimum Gasteiger partial charge on any atom is -0.338 e. The van der Waals surface area contributed by atoms with E-state index in [0.29, 0.717) is 18.2 Å². The zero-order valence-corrected chi connectivity index (χ0v) is 14.6. The van der Waals surface area contributed by atoms with Crippen LogP contribution in [0.5, 0.6) is 0 Å². The Balaban J connectivity index is 2.67. The van der Waals surface area contributed by atoms with Crippen molar-refractivity contribution < 1.29 is 4.79 Å². The SMILES string of the molecule is CCCCCC(=O)N(C/C(C)=C/c1ccccc1)CC(C)C. The second-order valence-electron chi connectivity index (χ2n) is 6.53. The normalized spacial score (nSPS) is 11.8. The first kappa shape index (κ1) is 18.5. The Hall–Kier alpha value is -1.57. The predicted molar refractivity (Wildman–Crippen MR) is 95.7 cm³/mol. The summed E-state index contributed by atoms with van der Waals surface area (Å²) in [5.74, 6) is 0.794. The van der Waals surface area contributed by atoms with E-state index in [4.69, 9.17) is 0 Å². The van der Waals surface area contributed by atoms with E-state index in [2.05, 4.69) is 45.9 Å². The molecule has 1 aromatic carbocycles. The van der Waals surface area contributed by atoms with E-state index in [9.17, 15) is 4.79 Å². The second-order valence-corrected chi connectivity index (χ2v) is 6.53. The predicted octanol–water partition coefficient (Wildman–Crippen LogP) is 5.15. The van der Waals surface area contributed by atoms with Crippen LogP contribution in [0, 0.1) is 5.92 Å². The molecule has 0 aliphatic rings. The van der Waals surface area contributed by atoms with Crippen molar-refractivity contribution in [2.45, 2.75) is 53.4 Å². The molecule has 1 aromatic rings. The van der Waals surface area contributed by atoms with Gasteiger partial charge in [-0.05, 0) is 24.8 Å². The highest BCUT2D eigenvalue weighted by Gasteiger charge is 2.14. The van der Waals surface area contributed by atoms with E-state index in [-0.39, 0.29) is 0 Å². The third-order valence-electron chi connectivity index (χ3n) is 3.59. The Morgan fingerprint density at radius 2 is 1.86 bits per heavy atom. The molecule has 0 bridgehead atoms. The van der Waals surface area contributed by atoms with E-state index >= 15 is 0 Å². The number of carbonyl (C=O) groups is 1. The Morgan fingerprint density at radius 1 is 1.18 bits per heavy atom. The molecule has 1 amide bonds. The largest absolute Gasteiger partial charge is 0.338 e. The number of hydrogen-bond acceptors (Lipinski definition) is 1. The van der Waals surface area contributed by atoms with Crippen LogP contribution in [-0.2, 0) is 4.79 Å². The molecule has 0 fully saturated rings. The molecular formula is C20H31NO. The van der Waals surface area contributed by atoms with Gasteiger partial charge in [-0.3, -0.25) is 4.79 Å². The zero-order valence-electron chi connectivity index (χ0n) is 14.6. The average molecular weight is 301 g/mol.